The van der Waals surface area contributed by atoms with Gasteiger partial charge in [0.25, 0.3) is 11.8 Å². The van der Waals surface area contributed by atoms with Crippen molar-refractivity contribution in [3.63, 3.8) is 0 Å². The molecule has 2 heterocycles. The summed E-state index contributed by atoms with van der Waals surface area (Å²) in [6, 6.07) is 7.52. The maximum absolute atomic E-state index is 13.3. The first kappa shape index (κ1) is 18.2. The largest absolute Gasteiger partial charge is 0.378 e. The number of rotatable bonds is 3. The van der Waals surface area contributed by atoms with Gasteiger partial charge in [0.05, 0.1) is 18.8 Å². The second-order valence-electron chi connectivity index (χ2n) is 7.14. The zero-order valence-electron chi connectivity index (χ0n) is 15.5. The Labute approximate surface area is 163 Å². The van der Waals surface area contributed by atoms with Crippen molar-refractivity contribution in [2.45, 2.75) is 32.6 Å². The molecule has 0 saturated carbocycles. The summed E-state index contributed by atoms with van der Waals surface area (Å²) >= 11 is 1.57. The Morgan fingerprint density at radius 3 is 2.70 bits per heavy atom. The van der Waals surface area contributed by atoms with E-state index in [1.54, 1.807) is 17.4 Å². The molecule has 1 aromatic carbocycles. The summed E-state index contributed by atoms with van der Waals surface area (Å²) in [5.74, 6) is -0.134. The Bertz CT molecular complexity index is 868. The van der Waals surface area contributed by atoms with E-state index in [0.29, 0.717) is 42.4 Å². The lowest BCUT2D eigenvalue weighted by atomic mass is 9.95. The second kappa shape index (κ2) is 7.82. The fourth-order valence-electron chi connectivity index (χ4n) is 3.77. The highest BCUT2D eigenvalue weighted by Gasteiger charge is 2.30. The predicted octanol–water partition coefficient (Wildman–Crippen LogP) is 3.66. The van der Waals surface area contributed by atoms with E-state index in [1.165, 1.54) is 4.88 Å². The van der Waals surface area contributed by atoms with Gasteiger partial charge in [0.2, 0.25) is 0 Å². The number of nitrogens with one attached hydrogen (secondary N) is 1. The number of hydrogen-bond acceptors (Lipinski definition) is 4. The molecule has 0 spiro atoms. The summed E-state index contributed by atoms with van der Waals surface area (Å²) in [6.45, 7) is 4.32. The highest BCUT2D eigenvalue weighted by Crippen LogP contribution is 2.39. The number of amides is 2. The molecule has 142 valence electrons. The van der Waals surface area contributed by atoms with Crippen molar-refractivity contribution in [1.82, 2.24) is 4.90 Å². The topological polar surface area (TPSA) is 58.6 Å². The van der Waals surface area contributed by atoms with Gasteiger partial charge in [-0.2, -0.15) is 0 Å². The number of nitrogens with zero attached hydrogens (tertiary/aromatic N) is 1. The van der Waals surface area contributed by atoms with Gasteiger partial charge in [0.15, 0.2) is 0 Å². The molecule has 5 nitrogen and oxygen atoms in total. The Balaban J connectivity index is 1.66. The molecule has 1 aliphatic heterocycles. The number of benzene rings is 1. The van der Waals surface area contributed by atoms with Gasteiger partial charge < -0.3 is 15.0 Å². The van der Waals surface area contributed by atoms with Crippen LogP contribution in [0, 0.1) is 6.92 Å². The number of fused-ring (bicyclic) bond motifs is 1. The number of carbonyl (C=O) groups is 2. The van der Waals surface area contributed by atoms with Crippen LogP contribution in [-0.4, -0.2) is 43.0 Å². The maximum atomic E-state index is 13.3. The predicted molar refractivity (Wildman–Crippen MR) is 107 cm³/mol. The third kappa shape index (κ3) is 3.77. The number of hydrogen-bond donors (Lipinski definition) is 1. The van der Waals surface area contributed by atoms with E-state index in [4.69, 9.17) is 4.74 Å². The summed E-state index contributed by atoms with van der Waals surface area (Å²) in [5.41, 5.74) is 3.50. The third-order valence-corrected chi connectivity index (χ3v) is 6.40. The summed E-state index contributed by atoms with van der Waals surface area (Å²) in [6.07, 6.45) is 4.14. The Hall–Kier alpha value is -2.18. The molecule has 6 heteroatoms. The fourth-order valence-corrected chi connectivity index (χ4v) is 5.04. The van der Waals surface area contributed by atoms with Crippen LogP contribution >= 0.6 is 11.3 Å². The molecule has 0 atom stereocenters. The number of ether oxygens (including phenoxy) is 1. The van der Waals surface area contributed by atoms with E-state index < -0.39 is 0 Å². The van der Waals surface area contributed by atoms with E-state index in [9.17, 15) is 9.59 Å². The van der Waals surface area contributed by atoms with Crippen LogP contribution in [0.15, 0.2) is 24.3 Å². The number of thiophene rings is 1. The van der Waals surface area contributed by atoms with Gasteiger partial charge in [0, 0.05) is 23.5 Å². The zero-order valence-corrected chi connectivity index (χ0v) is 16.4. The van der Waals surface area contributed by atoms with Crippen molar-refractivity contribution in [1.29, 1.82) is 0 Å². The second-order valence-corrected chi connectivity index (χ2v) is 8.25. The highest BCUT2D eigenvalue weighted by molar-refractivity contribution is 7.17. The van der Waals surface area contributed by atoms with E-state index in [0.717, 1.165) is 36.8 Å². The average molecular weight is 385 g/mol. The lowest BCUT2D eigenvalue weighted by Gasteiger charge is -2.27. The summed E-state index contributed by atoms with van der Waals surface area (Å²) < 4.78 is 5.38. The standard InChI is InChI=1S/C21H24N2O3S/c1-14-5-4-6-15(13-14)19(24)22-20-18(16-7-2-3-8-17(16)27-20)21(25)23-9-11-26-12-10-23/h4-6,13H,2-3,7-12H2,1H3,(H,22,24). The molecule has 0 radical (unpaired) electrons. The van der Waals surface area contributed by atoms with Crippen molar-refractivity contribution in [3.8, 4) is 0 Å². The Morgan fingerprint density at radius 1 is 1.15 bits per heavy atom. The van der Waals surface area contributed by atoms with Crippen molar-refractivity contribution >= 4 is 28.2 Å². The van der Waals surface area contributed by atoms with Gasteiger partial charge in [-0.05, 0) is 50.3 Å². The van der Waals surface area contributed by atoms with Crippen molar-refractivity contribution < 1.29 is 14.3 Å². The molecule has 2 aliphatic rings. The first-order chi connectivity index (χ1) is 13.1. The van der Waals surface area contributed by atoms with Crippen molar-refractivity contribution in [2.24, 2.45) is 0 Å². The molecule has 1 fully saturated rings. The van der Waals surface area contributed by atoms with Gasteiger partial charge in [-0.1, -0.05) is 17.7 Å². The number of anilines is 1. The van der Waals surface area contributed by atoms with Crippen LogP contribution in [0.3, 0.4) is 0 Å². The number of carbonyl (C=O) groups excluding carboxylic acids is 2. The van der Waals surface area contributed by atoms with E-state index >= 15 is 0 Å². The highest BCUT2D eigenvalue weighted by atomic mass is 32.1. The third-order valence-electron chi connectivity index (χ3n) is 5.19. The van der Waals surface area contributed by atoms with Crippen LogP contribution in [0.5, 0.6) is 0 Å². The molecule has 1 aliphatic carbocycles. The lowest BCUT2D eigenvalue weighted by molar-refractivity contribution is 0.0303. The smallest absolute Gasteiger partial charge is 0.257 e. The SMILES string of the molecule is Cc1cccc(C(=O)Nc2sc3c(c2C(=O)N2CCOCC2)CCCC3)c1. The van der Waals surface area contributed by atoms with Crippen molar-refractivity contribution in [3.05, 3.63) is 51.4 Å². The van der Waals surface area contributed by atoms with Crippen molar-refractivity contribution in [2.75, 3.05) is 31.6 Å². The normalized spacial score (nSPS) is 16.7. The Kier molecular flexibility index (Phi) is 5.27. The zero-order chi connectivity index (χ0) is 18.8. The number of morpholine rings is 1. The lowest BCUT2D eigenvalue weighted by Crippen LogP contribution is -2.41. The van der Waals surface area contributed by atoms with E-state index in [-0.39, 0.29) is 11.8 Å². The number of aryl methyl sites for hydroxylation is 2. The minimum absolute atomic E-state index is 0.0252. The monoisotopic (exact) mass is 384 g/mol. The first-order valence-corrected chi connectivity index (χ1v) is 10.3. The van der Waals surface area contributed by atoms with Crippen LogP contribution in [0.4, 0.5) is 5.00 Å². The van der Waals surface area contributed by atoms with Crippen LogP contribution in [0.2, 0.25) is 0 Å². The molecule has 27 heavy (non-hydrogen) atoms. The Morgan fingerprint density at radius 2 is 1.93 bits per heavy atom. The minimum atomic E-state index is -0.159. The van der Waals surface area contributed by atoms with Crippen LogP contribution in [-0.2, 0) is 17.6 Å². The summed E-state index contributed by atoms with van der Waals surface area (Å²) in [5, 5.41) is 3.73. The molecule has 1 N–H and O–H groups in total. The molecule has 4 rings (SSSR count). The molecule has 2 aromatic rings. The van der Waals surface area contributed by atoms with Gasteiger partial charge in [0.1, 0.15) is 5.00 Å². The van der Waals surface area contributed by atoms with Crippen LogP contribution in [0.1, 0.15) is 49.6 Å². The van der Waals surface area contributed by atoms with Gasteiger partial charge in [-0.15, -0.1) is 11.3 Å². The van der Waals surface area contributed by atoms with Gasteiger partial charge in [-0.25, -0.2) is 0 Å². The van der Waals surface area contributed by atoms with Gasteiger partial charge >= 0.3 is 0 Å². The maximum Gasteiger partial charge on any atom is 0.257 e. The van der Waals surface area contributed by atoms with Crippen LogP contribution in [0.25, 0.3) is 0 Å². The van der Waals surface area contributed by atoms with Gasteiger partial charge in [-0.3, -0.25) is 9.59 Å². The summed E-state index contributed by atoms with van der Waals surface area (Å²) in [4.78, 5) is 29.1. The molecule has 0 unspecified atom stereocenters. The molecular weight excluding hydrogens is 360 g/mol. The van der Waals surface area contributed by atoms with E-state index in [1.807, 2.05) is 30.0 Å². The fraction of sp³-hybridized carbons (Fsp3) is 0.429. The van der Waals surface area contributed by atoms with Crippen LogP contribution < -0.4 is 5.32 Å². The van der Waals surface area contributed by atoms with E-state index in [2.05, 4.69) is 5.32 Å². The first-order valence-electron chi connectivity index (χ1n) is 9.53. The minimum Gasteiger partial charge on any atom is -0.378 e. The molecule has 2 amide bonds. The molecular formula is C21H24N2O3S. The quantitative estimate of drug-likeness (QED) is 0.879. The molecule has 1 aromatic heterocycles. The summed E-state index contributed by atoms with van der Waals surface area (Å²) in [7, 11) is 0. The molecule has 0 bridgehead atoms. The average Bonchev–Trinajstić information content (AvgIpc) is 3.06. The molecule has 1 saturated heterocycles.